The first-order valence-corrected chi connectivity index (χ1v) is 4.75. The van der Waals surface area contributed by atoms with Crippen molar-refractivity contribution in [3.05, 3.63) is 48.0 Å². The molecule has 0 saturated heterocycles. The summed E-state index contributed by atoms with van der Waals surface area (Å²) >= 11 is 0. The van der Waals surface area contributed by atoms with Crippen molar-refractivity contribution in [2.75, 3.05) is 0 Å². The molecule has 0 bridgehead atoms. The second-order valence-electron chi connectivity index (χ2n) is 3.21. The van der Waals surface area contributed by atoms with Crippen LogP contribution in [0.4, 0.5) is 0 Å². The Morgan fingerprint density at radius 1 is 1.46 bits per heavy atom. The highest BCUT2D eigenvalue weighted by atomic mass is 14.6. The Balaban J connectivity index is 2.96. The quantitative estimate of drug-likeness (QED) is 0.700. The molecule has 0 aliphatic rings. The number of aryl methyl sites for hydroxylation is 1. The van der Waals surface area contributed by atoms with E-state index in [2.05, 4.69) is 31.7 Å². The minimum absolute atomic E-state index is 0.0252. The first-order valence-electron chi connectivity index (χ1n) is 4.75. The number of nitrogens with two attached hydrogens (primary N) is 1. The highest BCUT2D eigenvalue weighted by Gasteiger charge is 2.05. The fourth-order valence-corrected chi connectivity index (χ4v) is 1.48. The Kier molecular flexibility index (Phi) is 3.71. The van der Waals surface area contributed by atoms with E-state index in [1.165, 1.54) is 11.1 Å². The van der Waals surface area contributed by atoms with Crippen LogP contribution >= 0.6 is 0 Å². The van der Waals surface area contributed by atoms with Gasteiger partial charge in [-0.3, -0.25) is 0 Å². The van der Waals surface area contributed by atoms with Gasteiger partial charge in [0.2, 0.25) is 0 Å². The summed E-state index contributed by atoms with van der Waals surface area (Å²) in [6.07, 6.45) is 4.03. The third kappa shape index (κ3) is 2.43. The van der Waals surface area contributed by atoms with Gasteiger partial charge >= 0.3 is 0 Å². The molecule has 1 rings (SSSR count). The Morgan fingerprint density at radius 2 is 2.15 bits per heavy atom. The van der Waals surface area contributed by atoms with Crippen LogP contribution in [0.1, 0.15) is 30.5 Å². The summed E-state index contributed by atoms with van der Waals surface area (Å²) in [5.74, 6) is 0. The molecule has 0 aliphatic carbocycles. The van der Waals surface area contributed by atoms with Crippen LogP contribution in [0.15, 0.2) is 36.9 Å². The molecular weight excluding hydrogens is 158 g/mol. The third-order valence-electron chi connectivity index (χ3n) is 2.19. The monoisotopic (exact) mass is 175 g/mol. The molecule has 1 nitrogen and oxygen atoms in total. The molecule has 0 fully saturated rings. The maximum absolute atomic E-state index is 5.91. The van der Waals surface area contributed by atoms with Crippen LogP contribution in [0, 0.1) is 0 Å². The molecule has 0 amide bonds. The van der Waals surface area contributed by atoms with E-state index in [0.29, 0.717) is 0 Å². The zero-order valence-corrected chi connectivity index (χ0v) is 8.16. The lowest BCUT2D eigenvalue weighted by molar-refractivity contribution is 0.848. The van der Waals surface area contributed by atoms with E-state index in [0.717, 1.165) is 12.8 Å². The largest absolute Gasteiger partial charge is 0.321 e. The van der Waals surface area contributed by atoms with Gasteiger partial charge in [-0.2, -0.15) is 0 Å². The highest BCUT2D eigenvalue weighted by molar-refractivity contribution is 5.31. The molecule has 0 spiro atoms. The molecule has 0 radical (unpaired) electrons. The zero-order chi connectivity index (χ0) is 9.68. The Labute approximate surface area is 80.3 Å². The van der Waals surface area contributed by atoms with Gasteiger partial charge in [0, 0.05) is 6.04 Å². The standard InChI is InChI=1S/C12H17N/c1-3-7-10-8-5-6-9-11(10)12(13)4-2/h4-6,8-9,12H,2-3,7,13H2,1H3. The van der Waals surface area contributed by atoms with Crippen LogP contribution in [0.2, 0.25) is 0 Å². The van der Waals surface area contributed by atoms with Crippen LogP contribution in [0.5, 0.6) is 0 Å². The van der Waals surface area contributed by atoms with Crippen molar-refractivity contribution in [2.24, 2.45) is 5.73 Å². The molecule has 0 saturated carbocycles. The van der Waals surface area contributed by atoms with Gasteiger partial charge in [0.1, 0.15) is 0 Å². The van der Waals surface area contributed by atoms with Crippen molar-refractivity contribution >= 4 is 0 Å². The number of hydrogen-bond acceptors (Lipinski definition) is 1. The first kappa shape index (κ1) is 10.0. The summed E-state index contributed by atoms with van der Waals surface area (Å²) < 4.78 is 0. The number of rotatable bonds is 4. The third-order valence-corrected chi connectivity index (χ3v) is 2.19. The van der Waals surface area contributed by atoms with E-state index < -0.39 is 0 Å². The smallest absolute Gasteiger partial charge is 0.0481 e. The molecule has 0 aromatic heterocycles. The van der Waals surface area contributed by atoms with Crippen molar-refractivity contribution in [1.29, 1.82) is 0 Å². The SMILES string of the molecule is C=CC(N)c1ccccc1CCC. The summed E-state index contributed by atoms with van der Waals surface area (Å²) in [6, 6.07) is 8.28. The summed E-state index contributed by atoms with van der Waals surface area (Å²) in [7, 11) is 0. The lowest BCUT2D eigenvalue weighted by Gasteiger charge is -2.12. The van der Waals surface area contributed by atoms with E-state index in [4.69, 9.17) is 5.73 Å². The van der Waals surface area contributed by atoms with Crippen molar-refractivity contribution < 1.29 is 0 Å². The predicted octanol–water partition coefficient (Wildman–Crippen LogP) is 2.82. The van der Waals surface area contributed by atoms with Crippen LogP contribution in [0.25, 0.3) is 0 Å². The van der Waals surface area contributed by atoms with Crippen LogP contribution < -0.4 is 5.73 Å². The van der Waals surface area contributed by atoms with Crippen LogP contribution in [0.3, 0.4) is 0 Å². The zero-order valence-electron chi connectivity index (χ0n) is 8.16. The summed E-state index contributed by atoms with van der Waals surface area (Å²) in [6.45, 7) is 5.89. The van der Waals surface area contributed by atoms with Crippen molar-refractivity contribution in [2.45, 2.75) is 25.8 Å². The van der Waals surface area contributed by atoms with Crippen molar-refractivity contribution in [3.63, 3.8) is 0 Å². The van der Waals surface area contributed by atoms with E-state index in [1.54, 1.807) is 6.08 Å². The average molecular weight is 175 g/mol. The van der Waals surface area contributed by atoms with Gasteiger partial charge in [0.25, 0.3) is 0 Å². The minimum atomic E-state index is -0.0252. The van der Waals surface area contributed by atoms with Gasteiger partial charge < -0.3 is 5.73 Å². The summed E-state index contributed by atoms with van der Waals surface area (Å²) in [5.41, 5.74) is 8.46. The normalized spacial score (nSPS) is 12.5. The second-order valence-corrected chi connectivity index (χ2v) is 3.21. The molecule has 1 unspecified atom stereocenters. The Hall–Kier alpha value is -1.08. The maximum atomic E-state index is 5.91. The highest BCUT2D eigenvalue weighted by Crippen LogP contribution is 2.17. The first-order chi connectivity index (χ1) is 6.29. The van der Waals surface area contributed by atoms with Gasteiger partial charge in [-0.1, -0.05) is 43.7 Å². The van der Waals surface area contributed by atoms with E-state index in [1.807, 2.05) is 6.07 Å². The van der Waals surface area contributed by atoms with Crippen LogP contribution in [-0.2, 0) is 6.42 Å². The molecule has 0 aliphatic heterocycles. The molecule has 2 N–H and O–H groups in total. The van der Waals surface area contributed by atoms with E-state index in [9.17, 15) is 0 Å². The molecule has 0 heterocycles. The summed E-state index contributed by atoms with van der Waals surface area (Å²) in [5, 5.41) is 0. The average Bonchev–Trinajstić information content (AvgIpc) is 2.18. The number of hydrogen-bond donors (Lipinski definition) is 1. The summed E-state index contributed by atoms with van der Waals surface area (Å²) in [4.78, 5) is 0. The predicted molar refractivity (Wildman–Crippen MR) is 57.6 cm³/mol. The van der Waals surface area contributed by atoms with E-state index >= 15 is 0 Å². The second kappa shape index (κ2) is 4.83. The van der Waals surface area contributed by atoms with Gasteiger partial charge in [0.15, 0.2) is 0 Å². The molecular formula is C12H17N. The fourth-order valence-electron chi connectivity index (χ4n) is 1.48. The topological polar surface area (TPSA) is 26.0 Å². The van der Waals surface area contributed by atoms with Crippen molar-refractivity contribution in [3.8, 4) is 0 Å². The Bertz CT molecular complexity index is 278. The molecule has 13 heavy (non-hydrogen) atoms. The minimum Gasteiger partial charge on any atom is -0.321 e. The molecule has 70 valence electrons. The molecule has 1 heteroatoms. The maximum Gasteiger partial charge on any atom is 0.0481 e. The molecule has 1 aromatic carbocycles. The number of benzene rings is 1. The molecule has 1 atom stereocenters. The molecule has 1 aromatic rings. The lowest BCUT2D eigenvalue weighted by atomic mass is 9.98. The van der Waals surface area contributed by atoms with Gasteiger partial charge in [-0.25, -0.2) is 0 Å². The van der Waals surface area contributed by atoms with Gasteiger partial charge in [-0.15, -0.1) is 6.58 Å². The van der Waals surface area contributed by atoms with Crippen LogP contribution in [-0.4, -0.2) is 0 Å². The Morgan fingerprint density at radius 3 is 2.77 bits per heavy atom. The van der Waals surface area contributed by atoms with E-state index in [-0.39, 0.29) is 6.04 Å². The lowest BCUT2D eigenvalue weighted by Crippen LogP contribution is -2.09. The fraction of sp³-hybridized carbons (Fsp3) is 0.333. The van der Waals surface area contributed by atoms with Gasteiger partial charge in [0.05, 0.1) is 0 Å². The van der Waals surface area contributed by atoms with Crippen molar-refractivity contribution in [1.82, 2.24) is 0 Å². The van der Waals surface area contributed by atoms with Gasteiger partial charge in [-0.05, 0) is 17.5 Å².